The van der Waals surface area contributed by atoms with Gasteiger partial charge in [0.05, 0.1) is 0 Å². The Kier molecular flexibility index (Phi) is 3.80. The number of rotatable bonds is 1. The van der Waals surface area contributed by atoms with E-state index in [-0.39, 0.29) is 24.1 Å². The molecule has 2 unspecified atom stereocenters. The normalized spacial score (nSPS) is 32.2. The minimum absolute atomic E-state index is 0.150. The third kappa shape index (κ3) is 2.97. The highest BCUT2D eigenvalue weighted by Gasteiger charge is 2.31. The van der Waals surface area contributed by atoms with Crippen LogP contribution in [0.2, 0.25) is 0 Å². The Labute approximate surface area is 95.3 Å². The molecule has 2 atom stereocenters. The fraction of sp³-hybridized carbons (Fsp3) is 0.833. The molecule has 4 heteroatoms. The van der Waals surface area contributed by atoms with E-state index in [9.17, 15) is 9.59 Å². The van der Waals surface area contributed by atoms with Gasteiger partial charge in [0, 0.05) is 12.8 Å². The zero-order chi connectivity index (χ0) is 11.4. The number of carbonyl (C=O) groups is 2. The summed E-state index contributed by atoms with van der Waals surface area (Å²) in [5.41, 5.74) is 0. The van der Waals surface area contributed by atoms with E-state index in [2.05, 4.69) is 0 Å². The summed E-state index contributed by atoms with van der Waals surface area (Å²) in [5.74, 6) is -0.300. The van der Waals surface area contributed by atoms with Gasteiger partial charge in [-0.2, -0.15) is 0 Å². The molecular formula is C12H18O4. The number of esters is 2. The second-order valence-electron chi connectivity index (χ2n) is 4.55. The molecule has 2 aliphatic heterocycles. The highest BCUT2D eigenvalue weighted by Crippen LogP contribution is 2.24. The van der Waals surface area contributed by atoms with E-state index in [0.29, 0.717) is 12.8 Å². The molecule has 4 nitrogen and oxygen atoms in total. The first-order chi connectivity index (χ1) is 7.75. The zero-order valence-corrected chi connectivity index (χ0v) is 9.44. The van der Waals surface area contributed by atoms with Crippen molar-refractivity contribution >= 4 is 11.9 Å². The SMILES string of the molecule is O=C1CCCCC(C2CCCCC(=O)O2)O1. The molecule has 0 N–H and O–H groups in total. The lowest BCUT2D eigenvalue weighted by atomic mass is 10.0. The maximum absolute atomic E-state index is 11.3. The van der Waals surface area contributed by atoms with Crippen LogP contribution >= 0.6 is 0 Å². The number of carbonyl (C=O) groups excluding carboxylic acids is 2. The molecule has 0 amide bonds. The second-order valence-corrected chi connectivity index (χ2v) is 4.55. The van der Waals surface area contributed by atoms with Crippen molar-refractivity contribution in [2.24, 2.45) is 0 Å². The highest BCUT2D eigenvalue weighted by molar-refractivity contribution is 5.71. The van der Waals surface area contributed by atoms with Gasteiger partial charge in [0.15, 0.2) is 0 Å². The molecule has 2 saturated heterocycles. The average molecular weight is 226 g/mol. The fourth-order valence-corrected chi connectivity index (χ4v) is 2.33. The third-order valence-corrected chi connectivity index (χ3v) is 3.22. The van der Waals surface area contributed by atoms with E-state index < -0.39 is 0 Å². The van der Waals surface area contributed by atoms with Crippen LogP contribution in [-0.4, -0.2) is 24.1 Å². The number of cyclic esters (lactones) is 2. The quantitative estimate of drug-likeness (QED) is 0.641. The van der Waals surface area contributed by atoms with Crippen molar-refractivity contribution in [1.82, 2.24) is 0 Å². The summed E-state index contributed by atoms with van der Waals surface area (Å²) in [5, 5.41) is 0. The molecule has 0 bridgehead atoms. The average Bonchev–Trinajstić information content (AvgIpc) is 2.58. The third-order valence-electron chi connectivity index (χ3n) is 3.22. The highest BCUT2D eigenvalue weighted by atomic mass is 16.6. The largest absolute Gasteiger partial charge is 0.458 e. The van der Waals surface area contributed by atoms with Gasteiger partial charge in [0.1, 0.15) is 12.2 Å². The van der Waals surface area contributed by atoms with Gasteiger partial charge < -0.3 is 9.47 Å². The van der Waals surface area contributed by atoms with Crippen LogP contribution in [0, 0.1) is 0 Å². The Morgan fingerprint density at radius 3 is 1.62 bits per heavy atom. The first-order valence-corrected chi connectivity index (χ1v) is 6.14. The molecule has 2 rings (SSSR count). The smallest absolute Gasteiger partial charge is 0.306 e. The minimum atomic E-state index is -0.211. The molecule has 0 spiro atoms. The van der Waals surface area contributed by atoms with E-state index in [1.165, 1.54) is 0 Å². The van der Waals surface area contributed by atoms with Gasteiger partial charge in [-0.3, -0.25) is 9.59 Å². The fourth-order valence-electron chi connectivity index (χ4n) is 2.33. The van der Waals surface area contributed by atoms with Crippen molar-refractivity contribution in [1.29, 1.82) is 0 Å². The van der Waals surface area contributed by atoms with Crippen molar-refractivity contribution in [2.75, 3.05) is 0 Å². The van der Waals surface area contributed by atoms with Gasteiger partial charge >= 0.3 is 11.9 Å². The first-order valence-electron chi connectivity index (χ1n) is 6.14. The summed E-state index contributed by atoms with van der Waals surface area (Å²) in [4.78, 5) is 22.7. The van der Waals surface area contributed by atoms with Gasteiger partial charge in [0.25, 0.3) is 0 Å². The van der Waals surface area contributed by atoms with E-state index >= 15 is 0 Å². The predicted molar refractivity (Wildman–Crippen MR) is 56.7 cm³/mol. The minimum Gasteiger partial charge on any atom is -0.458 e. The van der Waals surface area contributed by atoms with Gasteiger partial charge in [0.2, 0.25) is 0 Å². The van der Waals surface area contributed by atoms with Crippen LogP contribution in [0.1, 0.15) is 51.4 Å². The summed E-state index contributed by atoms with van der Waals surface area (Å²) in [6, 6.07) is 0. The van der Waals surface area contributed by atoms with Gasteiger partial charge in [-0.05, 0) is 38.5 Å². The van der Waals surface area contributed by atoms with Gasteiger partial charge in [-0.1, -0.05) is 0 Å². The second kappa shape index (κ2) is 5.32. The number of ether oxygens (including phenoxy) is 2. The molecule has 0 saturated carbocycles. The van der Waals surface area contributed by atoms with Crippen molar-refractivity contribution in [2.45, 2.75) is 63.6 Å². The van der Waals surface area contributed by atoms with Crippen molar-refractivity contribution in [3.8, 4) is 0 Å². The summed E-state index contributed by atoms with van der Waals surface area (Å²) in [6.45, 7) is 0. The topological polar surface area (TPSA) is 52.6 Å². The maximum atomic E-state index is 11.3. The van der Waals surface area contributed by atoms with Gasteiger partial charge in [-0.15, -0.1) is 0 Å². The molecule has 16 heavy (non-hydrogen) atoms. The van der Waals surface area contributed by atoms with E-state index in [1.807, 2.05) is 0 Å². The molecule has 0 aromatic heterocycles. The summed E-state index contributed by atoms with van der Waals surface area (Å²) >= 11 is 0. The maximum Gasteiger partial charge on any atom is 0.306 e. The predicted octanol–water partition coefficient (Wildman–Crippen LogP) is 1.96. The summed E-state index contributed by atoms with van der Waals surface area (Å²) in [7, 11) is 0. The van der Waals surface area contributed by atoms with E-state index in [4.69, 9.17) is 9.47 Å². The Bertz CT molecular complexity index is 246. The molecular weight excluding hydrogens is 208 g/mol. The number of hydrogen-bond donors (Lipinski definition) is 0. The van der Waals surface area contributed by atoms with Crippen molar-refractivity contribution < 1.29 is 19.1 Å². The standard InChI is InChI=1S/C12H18O4/c13-11-7-3-1-5-9(15-11)10-6-2-4-8-12(14)16-10/h9-10H,1-8H2. The summed E-state index contributed by atoms with van der Waals surface area (Å²) < 4.78 is 10.7. The van der Waals surface area contributed by atoms with E-state index in [0.717, 1.165) is 38.5 Å². The molecule has 0 aromatic carbocycles. The number of hydrogen-bond acceptors (Lipinski definition) is 4. The van der Waals surface area contributed by atoms with Gasteiger partial charge in [-0.25, -0.2) is 0 Å². The van der Waals surface area contributed by atoms with Crippen LogP contribution in [0.5, 0.6) is 0 Å². The molecule has 2 fully saturated rings. The first kappa shape index (κ1) is 11.4. The van der Waals surface area contributed by atoms with Crippen LogP contribution in [0.4, 0.5) is 0 Å². The molecule has 0 aromatic rings. The molecule has 0 aliphatic carbocycles. The van der Waals surface area contributed by atoms with Crippen LogP contribution < -0.4 is 0 Å². The molecule has 0 radical (unpaired) electrons. The van der Waals surface area contributed by atoms with Crippen molar-refractivity contribution in [3.63, 3.8) is 0 Å². The Morgan fingerprint density at radius 2 is 1.19 bits per heavy atom. The molecule has 2 aliphatic rings. The van der Waals surface area contributed by atoms with Crippen LogP contribution in [0.15, 0.2) is 0 Å². The van der Waals surface area contributed by atoms with Crippen molar-refractivity contribution in [3.05, 3.63) is 0 Å². The molecule has 2 heterocycles. The molecule has 90 valence electrons. The zero-order valence-electron chi connectivity index (χ0n) is 9.44. The van der Waals surface area contributed by atoms with E-state index in [1.54, 1.807) is 0 Å². The van der Waals surface area contributed by atoms with Crippen LogP contribution in [-0.2, 0) is 19.1 Å². The lowest BCUT2D eigenvalue weighted by Crippen LogP contribution is -2.33. The lowest BCUT2D eigenvalue weighted by molar-refractivity contribution is -0.166. The Morgan fingerprint density at radius 1 is 0.750 bits per heavy atom. The summed E-state index contributed by atoms with van der Waals surface area (Å²) in [6.07, 6.45) is 5.94. The van der Waals surface area contributed by atoms with Crippen LogP contribution in [0.3, 0.4) is 0 Å². The van der Waals surface area contributed by atoms with Crippen LogP contribution in [0.25, 0.3) is 0 Å². The Balaban J connectivity index is 1.97. The lowest BCUT2D eigenvalue weighted by Gasteiger charge is -2.24. The monoisotopic (exact) mass is 226 g/mol. The Hall–Kier alpha value is -1.06.